The van der Waals surface area contributed by atoms with E-state index in [1.165, 1.54) is 21.9 Å². The topological polar surface area (TPSA) is 19.6 Å². The fraction of sp³-hybridized carbons (Fsp3) is 0. The van der Waals surface area contributed by atoms with Gasteiger partial charge in [0.1, 0.15) is 11.2 Å². The summed E-state index contributed by atoms with van der Waals surface area (Å²) in [5.74, 6) is 0. The van der Waals surface area contributed by atoms with Gasteiger partial charge in [-0.1, -0.05) is 158 Å². The van der Waals surface area contributed by atoms with Crippen LogP contribution in [0.3, 0.4) is 0 Å². The molecule has 1 heterocycles. The first-order valence-corrected chi connectivity index (χ1v) is 20.7. The van der Waals surface area contributed by atoms with E-state index in [0.29, 0.717) is 0 Å². The Bertz CT molecular complexity index is 3240. The van der Waals surface area contributed by atoms with Crippen LogP contribution in [0.1, 0.15) is 0 Å². The highest BCUT2D eigenvalue weighted by molar-refractivity contribution is 6.07. The van der Waals surface area contributed by atoms with Gasteiger partial charge in [-0.15, -0.1) is 0 Å². The third kappa shape index (κ3) is 6.88. The summed E-state index contributed by atoms with van der Waals surface area (Å²) in [7, 11) is 0. The van der Waals surface area contributed by atoms with Crippen molar-refractivity contribution in [3.8, 4) is 33.4 Å². The second kappa shape index (κ2) is 15.6. The molecular formula is C58H40N2O. The van der Waals surface area contributed by atoms with Crippen molar-refractivity contribution in [2.45, 2.75) is 0 Å². The molecule has 288 valence electrons. The normalized spacial score (nSPS) is 11.3. The Morgan fingerprint density at radius 3 is 1.43 bits per heavy atom. The summed E-state index contributed by atoms with van der Waals surface area (Å²) in [5.41, 5.74) is 15.2. The molecular weight excluding hydrogens is 741 g/mol. The van der Waals surface area contributed by atoms with Crippen LogP contribution in [-0.4, -0.2) is 0 Å². The maximum absolute atomic E-state index is 6.47. The molecule has 1 aromatic heterocycles. The molecule has 0 aliphatic rings. The molecule has 11 aromatic rings. The maximum atomic E-state index is 6.47. The van der Waals surface area contributed by atoms with Crippen molar-refractivity contribution in [2.75, 3.05) is 9.80 Å². The van der Waals surface area contributed by atoms with Crippen molar-refractivity contribution in [3.63, 3.8) is 0 Å². The van der Waals surface area contributed by atoms with Crippen LogP contribution in [0.5, 0.6) is 0 Å². The van der Waals surface area contributed by atoms with Gasteiger partial charge in [0.2, 0.25) is 0 Å². The van der Waals surface area contributed by atoms with Crippen LogP contribution in [0.15, 0.2) is 247 Å². The third-order valence-electron chi connectivity index (χ3n) is 11.6. The average Bonchev–Trinajstić information content (AvgIpc) is 3.71. The molecule has 0 aliphatic heterocycles. The summed E-state index contributed by atoms with van der Waals surface area (Å²) in [6.45, 7) is 0. The quantitative estimate of drug-likeness (QED) is 0.145. The molecule has 0 atom stereocenters. The molecule has 0 amide bonds. The highest BCUT2D eigenvalue weighted by atomic mass is 16.3. The molecule has 0 N–H and O–H groups in total. The Labute approximate surface area is 355 Å². The third-order valence-corrected chi connectivity index (χ3v) is 11.6. The molecule has 0 radical (unpaired) electrons. The summed E-state index contributed by atoms with van der Waals surface area (Å²) in [5, 5.41) is 4.61. The zero-order valence-corrected chi connectivity index (χ0v) is 33.4. The van der Waals surface area contributed by atoms with Crippen molar-refractivity contribution < 1.29 is 4.42 Å². The average molecular weight is 781 g/mol. The lowest BCUT2D eigenvalue weighted by atomic mass is 9.96. The van der Waals surface area contributed by atoms with Crippen molar-refractivity contribution in [3.05, 3.63) is 243 Å². The van der Waals surface area contributed by atoms with E-state index in [1.807, 2.05) is 12.1 Å². The predicted molar refractivity (Wildman–Crippen MR) is 257 cm³/mol. The van der Waals surface area contributed by atoms with Crippen molar-refractivity contribution in [1.29, 1.82) is 0 Å². The fourth-order valence-electron chi connectivity index (χ4n) is 8.63. The summed E-state index contributed by atoms with van der Waals surface area (Å²) in [4.78, 5) is 4.67. The zero-order valence-electron chi connectivity index (χ0n) is 33.4. The summed E-state index contributed by atoms with van der Waals surface area (Å²) >= 11 is 0. The zero-order chi connectivity index (χ0) is 40.5. The highest BCUT2D eigenvalue weighted by Gasteiger charge is 2.21. The van der Waals surface area contributed by atoms with Gasteiger partial charge in [-0.2, -0.15) is 0 Å². The van der Waals surface area contributed by atoms with Crippen LogP contribution in [0.2, 0.25) is 0 Å². The number of hydrogen-bond donors (Lipinski definition) is 0. The Balaban J connectivity index is 0.982. The lowest BCUT2D eigenvalue weighted by molar-refractivity contribution is 0.669. The highest BCUT2D eigenvalue weighted by Crippen LogP contribution is 2.45. The fourth-order valence-corrected chi connectivity index (χ4v) is 8.63. The molecule has 0 fully saturated rings. The molecule has 0 spiro atoms. The molecule has 0 aliphatic carbocycles. The van der Waals surface area contributed by atoms with Crippen molar-refractivity contribution >= 4 is 66.8 Å². The Morgan fingerprint density at radius 2 is 0.738 bits per heavy atom. The number of benzene rings is 10. The van der Waals surface area contributed by atoms with Gasteiger partial charge in [0, 0.05) is 50.8 Å². The lowest BCUT2D eigenvalue weighted by Gasteiger charge is -2.29. The van der Waals surface area contributed by atoms with Crippen molar-refractivity contribution in [2.24, 2.45) is 0 Å². The molecule has 3 heteroatoms. The molecule has 10 aromatic carbocycles. The SMILES string of the molecule is c1ccc(-c2cc3ccccc3cc2N(c2cccc(-c3ccc(-c4ccc(N(c5ccccc5)c5ccccc5)cc4)cc3)c2)c2ccc3c(c2)oc2ccccc23)cc1. The Hall–Kier alpha value is -8.14. The summed E-state index contributed by atoms with van der Waals surface area (Å²) in [6, 6.07) is 86.5. The molecule has 3 nitrogen and oxygen atoms in total. The van der Waals surface area contributed by atoms with Gasteiger partial charge in [-0.05, 0) is 117 Å². The van der Waals surface area contributed by atoms with Gasteiger partial charge in [-0.3, -0.25) is 0 Å². The molecule has 0 bridgehead atoms. The Morgan fingerprint density at radius 1 is 0.262 bits per heavy atom. The monoisotopic (exact) mass is 780 g/mol. The van der Waals surface area contributed by atoms with E-state index in [-0.39, 0.29) is 0 Å². The van der Waals surface area contributed by atoms with E-state index < -0.39 is 0 Å². The van der Waals surface area contributed by atoms with Gasteiger partial charge in [0.15, 0.2) is 0 Å². The maximum Gasteiger partial charge on any atom is 0.137 e. The molecule has 11 rings (SSSR count). The van der Waals surface area contributed by atoms with Gasteiger partial charge >= 0.3 is 0 Å². The van der Waals surface area contributed by atoms with Crippen LogP contribution in [0, 0.1) is 0 Å². The van der Waals surface area contributed by atoms with E-state index >= 15 is 0 Å². The molecule has 0 saturated heterocycles. The van der Waals surface area contributed by atoms with Gasteiger partial charge in [0.05, 0.1) is 5.69 Å². The van der Waals surface area contributed by atoms with Gasteiger partial charge in [0.25, 0.3) is 0 Å². The smallest absolute Gasteiger partial charge is 0.137 e. The molecule has 61 heavy (non-hydrogen) atoms. The van der Waals surface area contributed by atoms with E-state index in [4.69, 9.17) is 4.42 Å². The molecule has 0 saturated carbocycles. The minimum absolute atomic E-state index is 0.860. The first kappa shape index (κ1) is 36.0. The van der Waals surface area contributed by atoms with Crippen LogP contribution in [-0.2, 0) is 0 Å². The number of furan rings is 1. The molecule has 0 unspecified atom stereocenters. The van der Waals surface area contributed by atoms with Crippen LogP contribution in [0.25, 0.3) is 66.1 Å². The second-order valence-corrected chi connectivity index (χ2v) is 15.4. The number of fused-ring (bicyclic) bond motifs is 4. The summed E-state index contributed by atoms with van der Waals surface area (Å²) < 4.78 is 6.47. The predicted octanol–water partition coefficient (Wildman–Crippen LogP) is 16.7. The largest absolute Gasteiger partial charge is 0.456 e. The minimum Gasteiger partial charge on any atom is -0.456 e. The number of nitrogens with zero attached hydrogens (tertiary/aromatic N) is 2. The second-order valence-electron chi connectivity index (χ2n) is 15.4. The van der Waals surface area contributed by atoms with E-state index in [1.54, 1.807) is 0 Å². The number of anilines is 6. The van der Waals surface area contributed by atoms with Gasteiger partial charge in [-0.25, -0.2) is 0 Å². The van der Waals surface area contributed by atoms with E-state index in [2.05, 4.69) is 240 Å². The Kier molecular flexibility index (Phi) is 9.18. The van der Waals surface area contributed by atoms with Crippen LogP contribution >= 0.6 is 0 Å². The van der Waals surface area contributed by atoms with Crippen molar-refractivity contribution in [1.82, 2.24) is 0 Å². The summed E-state index contributed by atoms with van der Waals surface area (Å²) in [6.07, 6.45) is 0. The van der Waals surface area contributed by atoms with Crippen LogP contribution < -0.4 is 9.80 Å². The van der Waals surface area contributed by atoms with Crippen LogP contribution in [0.4, 0.5) is 34.1 Å². The first-order valence-electron chi connectivity index (χ1n) is 20.7. The van der Waals surface area contributed by atoms with E-state index in [9.17, 15) is 0 Å². The minimum atomic E-state index is 0.860. The number of rotatable bonds is 9. The number of para-hydroxylation sites is 3. The standard InChI is InChI=1S/C58H40N2O/c1-4-15-44(16-5-1)55-38-46-17-10-11-18-47(46)39-56(55)60(52-35-36-54-53-25-12-13-26-57(53)61-58(54)40-52)51-24-14-19-45(37-51)43-29-27-41(28-30-43)42-31-33-50(34-32-42)59(48-20-6-2-7-21-48)49-22-8-3-9-23-49/h1-40H. The first-order chi connectivity index (χ1) is 30.2. The van der Waals surface area contributed by atoms with E-state index in [0.717, 1.165) is 78.3 Å². The lowest BCUT2D eigenvalue weighted by Crippen LogP contribution is -2.11. The number of hydrogen-bond acceptors (Lipinski definition) is 3. The van der Waals surface area contributed by atoms with Gasteiger partial charge < -0.3 is 14.2 Å².